The van der Waals surface area contributed by atoms with Crippen LogP contribution in [0.25, 0.3) is 0 Å². The summed E-state index contributed by atoms with van der Waals surface area (Å²) < 4.78 is 5.26. The number of carbonyl (C=O) groups is 2. The van der Waals surface area contributed by atoms with Crippen LogP contribution in [0.2, 0.25) is 5.02 Å². The molecule has 4 rings (SSSR count). The molecule has 182 valence electrons. The average Bonchev–Trinajstić information content (AvgIpc) is 3.12. The van der Waals surface area contributed by atoms with Crippen LogP contribution in [0.15, 0.2) is 42.5 Å². The maximum atomic E-state index is 13.1. The van der Waals surface area contributed by atoms with Crippen molar-refractivity contribution in [3.8, 4) is 0 Å². The number of fused-ring (bicyclic) bond motifs is 2. The Balaban J connectivity index is 1.70. The van der Waals surface area contributed by atoms with E-state index in [2.05, 4.69) is 24.4 Å². The van der Waals surface area contributed by atoms with Gasteiger partial charge in [-0.15, -0.1) is 0 Å². The maximum Gasteiger partial charge on any atom is 0.331 e. The second-order valence-corrected chi connectivity index (χ2v) is 10.7. The van der Waals surface area contributed by atoms with E-state index in [9.17, 15) is 14.7 Å². The van der Waals surface area contributed by atoms with Gasteiger partial charge in [0, 0.05) is 22.9 Å². The lowest BCUT2D eigenvalue weighted by atomic mass is 9.59. The molecule has 6 heteroatoms. The van der Waals surface area contributed by atoms with Gasteiger partial charge in [0.2, 0.25) is 0 Å². The highest BCUT2D eigenvalue weighted by Crippen LogP contribution is 2.56. The monoisotopic (exact) mass is 483 g/mol. The number of methoxy groups -OCH3 is 1. The lowest BCUT2D eigenvalue weighted by Crippen LogP contribution is -2.53. The summed E-state index contributed by atoms with van der Waals surface area (Å²) in [5.41, 5.74) is 3.10. The number of aliphatic hydroxyl groups is 1. The SMILES string of the molecule is COC(=O)C1(Nc2cccc(Cl)c2)CCC2(CC1)c1cc(C(C)=O)ccc1CC2C[C@@H](C)CO. The van der Waals surface area contributed by atoms with Gasteiger partial charge in [-0.25, -0.2) is 4.79 Å². The summed E-state index contributed by atoms with van der Waals surface area (Å²) in [6, 6.07) is 13.5. The van der Waals surface area contributed by atoms with Crippen LogP contribution in [0.5, 0.6) is 0 Å². The molecule has 0 aromatic heterocycles. The van der Waals surface area contributed by atoms with Gasteiger partial charge in [0.05, 0.1) is 7.11 Å². The van der Waals surface area contributed by atoms with E-state index in [-0.39, 0.29) is 29.7 Å². The van der Waals surface area contributed by atoms with Crippen molar-refractivity contribution in [3.05, 3.63) is 64.2 Å². The minimum atomic E-state index is -0.835. The first kappa shape index (κ1) is 24.7. The molecule has 2 aromatic rings. The fourth-order valence-electron chi connectivity index (χ4n) is 6.21. The summed E-state index contributed by atoms with van der Waals surface area (Å²) in [6.45, 7) is 3.84. The number of anilines is 1. The van der Waals surface area contributed by atoms with Gasteiger partial charge in [-0.3, -0.25) is 4.79 Å². The second kappa shape index (κ2) is 9.71. The standard InChI is InChI=1S/C28H34ClNO4/c1-18(17-31)13-22-14-21-8-7-20(19(2)32)15-25(21)27(22)9-11-28(12-10-27,26(33)34-3)30-24-6-4-5-23(29)16-24/h4-8,15-16,18,22,30-31H,9-14,17H2,1-3H3/t18-,22?,27?,28?/m1/s1. The van der Waals surface area contributed by atoms with Crippen LogP contribution in [0, 0.1) is 11.8 Å². The molecule has 0 heterocycles. The van der Waals surface area contributed by atoms with Gasteiger partial charge in [-0.05, 0) is 98.1 Å². The zero-order valence-corrected chi connectivity index (χ0v) is 21.0. The molecule has 5 nitrogen and oxygen atoms in total. The number of nitrogens with one attached hydrogen (secondary N) is 1. The first-order valence-corrected chi connectivity index (χ1v) is 12.5. The number of rotatable bonds is 7. The lowest BCUT2D eigenvalue weighted by Gasteiger charge is -2.47. The fraction of sp³-hybridized carbons (Fsp3) is 0.500. The Kier molecular flexibility index (Phi) is 7.07. The number of benzene rings is 2. The van der Waals surface area contributed by atoms with E-state index in [4.69, 9.17) is 16.3 Å². The number of halogens is 1. The molecule has 0 radical (unpaired) electrons. The largest absolute Gasteiger partial charge is 0.467 e. The number of Topliss-reactive ketones (excluding diaryl/α,β-unsaturated/α-hetero) is 1. The number of hydrogen-bond acceptors (Lipinski definition) is 5. The van der Waals surface area contributed by atoms with E-state index < -0.39 is 5.54 Å². The fourth-order valence-corrected chi connectivity index (χ4v) is 6.40. The van der Waals surface area contributed by atoms with Crippen LogP contribution in [-0.4, -0.2) is 36.1 Å². The zero-order valence-electron chi connectivity index (χ0n) is 20.2. The molecular formula is C28H34ClNO4. The van der Waals surface area contributed by atoms with Crippen molar-refractivity contribution in [2.75, 3.05) is 19.0 Å². The van der Waals surface area contributed by atoms with Crippen molar-refractivity contribution in [1.29, 1.82) is 0 Å². The van der Waals surface area contributed by atoms with E-state index in [0.29, 0.717) is 23.8 Å². The molecular weight excluding hydrogens is 450 g/mol. The molecule has 0 saturated heterocycles. The molecule has 1 unspecified atom stereocenters. The van der Waals surface area contributed by atoms with Crippen LogP contribution in [0.4, 0.5) is 5.69 Å². The molecule has 2 aromatic carbocycles. The molecule has 1 fully saturated rings. The van der Waals surface area contributed by atoms with E-state index >= 15 is 0 Å². The van der Waals surface area contributed by atoms with E-state index in [0.717, 1.165) is 36.9 Å². The first-order chi connectivity index (χ1) is 16.2. The Morgan fingerprint density at radius 2 is 1.91 bits per heavy atom. The van der Waals surface area contributed by atoms with Crippen molar-refractivity contribution in [2.24, 2.45) is 11.8 Å². The Hall–Kier alpha value is -2.37. The van der Waals surface area contributed by atoms with Crippen molar-refractivity contribution in [1.82, 2.24) is 0 Å². The van der Waals surface area contributed by atoms with Crippen LogP contribution in [0.3, 0.4) is 0 Å². The van der Waals surface area contributed by atoms with E-state index in [1.54, 1.807) is 6.92 Å². The topological polar surface area (TPSA) is 75.6 Å². The Labute approximate surface area is 206 Å². The summed E-state index contributed by atoms with van der Waals surface area (Å²) >= 11 is 6.19. The van der Waals surface area contributed by atoms with Gasteiger partial charge < -0.3 is 15.2 Å². The highest BCUT2D eigenvalue weighted by Gasteiger charge is 2.54. The molecule has 34 heavy (non-hydrogen) atoms. The highest BCUT2D eigenvalue weighted by atomic mass is 35.5. The van der Waals surface area contributed by atoms with E-state index in [1.807, 2.05) is 30.3 Å². The minimum Gasteiger partial charge on any atom is -0.467 e. The minimum absolute atomic E-state index is 0.0625. The van der Waals surface area contributed by atoms with Gasteiger partial charge in [0.15, 0.2) is 5.78 Å². The normalized spacial score (nSPS) is 26.7. The molecule has 0 bridgehead atoms. The van der Waals surface area contributed by atoms with Crippen LogP contribution >= 0.6 is 11.6 Å². The average molecular weight is 484 g/mol. The van der Waals surface area contributed by atoms with Crippen LogP contribution in [-0.2, 0) is 21.4 Å². The summed E-state index contributed by atoms with van der Waals surface area (Å²) in [5, 5.41) is 13.8. The third kappa shape index (κ3) is 4.48. The Morgan fingerprint density at radius 3 is 2.53 bits per heavy atom. The number of ketones is 1. The molecule has 1 saturated carbocycles. The van der Waals surface area contributed by atoms with E-state index in [1.165, 1.54) is 18.2 Å². The quantitative estimate of drug-likeness (QED) is 0.397. The number of aliphatic hydroxyl groups excluding tert-OH is 1. The first-order valence-electron chi connectivity index (χ1n) is 12.1. The molecule has 2 N–H and O–H groups in total. The third-order valence-electron chi connectivity index (χ3n) is 8.08. The Bertz CT molecular complexity index is 1070. The summed E-state index contributed by atoms with van der Waals surface area (Å²) in [4.78, 5) is 25.2. The third-order valence-corrected chi connectivity index (χ3v) is 8.31. The predicted molar refractivity (Wildman–Crippen MR) is 134 cm³/mol. The van der Waals surface area contributed by atoms with Crippen molar-refractivity contribution < 1.29 is 19.4 Å². The summed E-state index contributed by atoms with van der Waals surface area (Å²) in [6.07, 6.45) is 4.66. The summed E-state index contributed by atoms with van der Waals surface area (Å²) in [5.74, 6) is 0.347. The van der Waals surface area contributed by atoms with Crippen LogP contribution < -0.4 is 5.32 Å². The Morgan fingerprint density at radius 1 is 1.18 bits per heavy atom. The predicted octanol–water partition coefficient (Wildman–Crippen LogP) is 5.57. The number of carbonyl (C=O) groups excluding carboxylic acids is 2. The lowest BCUT2D eigenvalue weighted by molar-refractivity contribution is -0.148. The maximum absolute atomic E-state index is 13.1. The van der Waals surface area contributed by atoms with Crippen molar-refractivity contribution in [3.63, 3.8) is 0 Å². The zero-order chi connectivity index (χ0) is 24.5. The van der Waals surface area contributed by atoms with Crippen molar-refractivity contribution >= 4 is 29.0 Å². The van der Waals surface area contributed by atoms with Gasteiger partial charge in [0.25, 0.3) is 0 Å². The van der Waals surface area contributed by atoms with Crippen LogP contribution in [0.1, 0.15) is 67.4 Å². The molecule has 1 spiro atoms. The number of hydrogen-bond donors (Lipinski definition) is 2. The summed E-state index contributed by atoms with van der Waals surface area (Å²) in [7, 11) is 1.43. The van der Waals surface area contributed by atoms with Crippen molar-refractivity contribution in [2.45, 2.75) is 63.3 Å². The molecule has 0 aliphatic heterocycles. The highest BCUT2D eigenvalue weighted by molar-refractivity contribution is 6.30. The molecule has 2 aliphatic carbocycles. The molecule has 2 aliphatic rings. The second-order valence-electron chi connectivity index (χ2n) is 10.2. The molecule has 0 amide bonds. The van der Waals surface area contributed by atoms with Gasteiger partial charge in [0.1, 0.15) is 5.54 Å². The van der Waals surface area contributed by atoms with Gasteiger partial charge >= 0.3 is 5.97 Å². The smallest absolute Gasteiger partial charge is 0.331 e. The number of esters is 1. The van der Waals surface area contributed by atoms with Gasteiger partial charge in [-0.2, -0.15) is 0 Å². The van der Waals surface area contributed by atoms with Gasteiger partial charge in [-0.1, -0.05) is 36.7 Å². The number of ether oxygens (including phenoxy) is 1. The molecule has 2 atom stereocenters.